The van der Waals surface area contributed by atoms with Crippen LogP contribution in [0, 0.1) is 23.1 Å². The number of piperidine rings is 1. The summed E-state index contributed by atoms with van der Waals surface area (Å²) in [5.41, 5.74) is -0.402. The van der Waals surface area contributed by atoms with Crippen molar-refractivity contribution >= 4 is 10.0 Å². The van der Waals surface area contributed by atoms with Crippen LogP contribution in [0.2, 0.25) is 0 Å². The lowest BCUT2D eigenvalue weighted by Crippen LogP contribution is -2.41. The van der Waals surface area contributed by atoms with Crippen molar-refractivity contribution in [2.45, 2.75) is 23.8 Å². The van der Waals surface area contributed by atoms with Crippen LogP contribution in [0.15, 0.2) is 23.1 Å². The van der Waals surface area contributed by atoms with Crippen molar-refractivity contribution in [1.82, 2.24) is 9.62 Å². The molecule has 2 saturated heterocycles. The van der Waals surface area contributed by atoms with Gasteiger partial charge in [-0.3, -0.25) is 0 Å². The molecule has 0 bridgehead atoms. The Morgan fingerprint density at radius 1 is 1.38 bits per heavy atom. The lowest BCUT2D eigenvalue weighted by Gasteiger charge is -2.24. The fourth-order valence-electron chi connectivity index (χ4n) is 3.17. The van der Waals surface area contributed by atoms with E-state index in [0.717, 1.165) is 25.5 Å². The molecule has 3 rings (SSSR count). The van der Waals surface area contributed by atoms with Gasteiger partial charge < -0.3 is 5.32 Å². The number of sulfonamides is 1. The number of benzene rings is 1. The van der Waals surface area contributed by atoms with Crippen molar-refractivity contribution < 1.29 is 12.8 Å². The van der Waals surface area contributed by atoms with Gasteiger partial charge in [-0.15, -0.1) is 0 Å². The molecule has 2 aliphatic heterocycles. The van der Waals surface area contributed by atoms with Crippen LogP contribution < -0.4 is 5.32 Å². The van der Waals surface area contributed by atoms with Crippen molar-refractivity contribution in [2.75, 3.05) is 19.6 Å². The zero-order valence-electron chi connectivity index (χ0n) is 11.4. The van der Waals surface area contributed by atoms with E-state index in [4.69, 9.17) is 5.26 Å². The second-order valence-electron chi connectivity index (χ2n) is 5.51. The highest BCUT2D eigenvalue weighted by Crippen LogP contribution is 2.30. The van der Waals surface area contributed by atoms with Crippen LogP contribution in [0.4, 0.5) is 4.39 Å². The predicted octanol–water partition coefficient (Wildman–Crippen LogP) is 1.07. The summed E-state index contributed by atoms with van der Waals surface area (Å²) in [6.07, 6.45) is 2.04. The van der Waals surface area contributed by atoms with Crippen LogP contribution >= 0.6 is 0 Å². The molecule has 0 amide bonds. The second-order valence-corrected chi connectivity index (χ2v) is 7.42. The Labute approximate surface area is 123 Å². The summed E-state index contributed by atoms with van der Waals surface area (Å²) in [4.78, 5) is -0.233. The molecule has 2 unspecified atom stereocenters. The highest BCUT2D eigenvalue weighted by molar-refractivity contribution is 7.89. The molecule has 0 aromatic heterocycles. The number of rotatable bonds is 2. The second kappa shape index (κ2) is 5.37. The Morgan fingerprint density at radius 2 is 2.19 bits per heavy atom. The van der Waals surface area contributed by atoms with E-state index in [1.54, 1.807) is 6.07 Å². The first kappa shape index (κ1) is 14.4. The predicted molar refractivity (Wildman–Crippen MR) is 74.4 cm³/mol. The topological polar surface area (TPSA) is 73.2 Å². The number of fused-ring (bicyclic) bond motifs is 1. The molecule has 2 heterocycles. The van der Waals surface area contributed by atoms with Gasteiger partial charge in [0.05, 0.1) is 0 Å². The van der Waals surface area contributed by atoms with Gasteiger partial charge in [0.25, 0.3) is 0 Å². The van der Waals surface area contributed by atoms with E-state index < -0.39 is 21.4 Å². The first-order valence-corrected chi connectivity index (χ1v) is 8.40. The lowest BCUT2D eigenvalue weighted by molar-refractivity contribution is 0.339. The molecule has 112 valence electrons. The van der Waals surface area contributed by atoms with Crippen molar-refractivity contribution in [3.05, 3.63) is 29.6 Å². The molecule has 1 aromatic rings. The standard InChI is InChI=1S/C14H16FN3O2S/c15-12-4-1-5-14(11(12)7-16)21(19,20)18-8-10-3-2-6-17-13(10)9-18/h1,4-5,10,13,17H,2-3,6,8-9H2. The first-order chi connectivity index (χ1) is 10.0. The highest BCUT2D eigenvalue weighted by Gasteiger charge is 2.41. The van der Waals surface area contributed by atoms with E-state index in [1.165, 1.54) is 16.4 Å². The monoisotopic (exact) mass is 309 g/mol. The molecule has 0 saturated carbocycles. The van der Waals surface area contributed by atoms with Gasteiger partial charge in [-0.05, 0) is 37.4 Å². The Kier molecular flexibility index (Phi) is 3.69. The molecule has 0 spiro atoms. The smallest absolute Gasteiger partial charge is 0.244 e. The van der Waals surface area contributed by atoms with E-state index in [2.05, 4.69) is 5.32 Å². The van der Waals surface area contributed by atoms with Gasteiger partial charge in [-0.25, -0.2) is 12.8 Å². The summed E-state index contributed by atoms with van der Waals surface area (Å²) in [5.74, 6) is -0.499. The number of nitrogens with one attached hydrogen (secondary N) is 1. The first-order valence-electron chi connectivity index (χ1n) is 6.96. The average Bonchev–Trinajstić information content (AvgIpc) is 2.91. The normalized spacial score (nSPS) is 26.3. The Morgan fingerprint density at radius 3 is 2.90 bits per heavy atom. The molecule has 7 heteroatoms. The number of halogens is 1. The summed E-state index contributed by atoms with van der Waals surface area (Å²) in [6, 6.07) is 5.54. The highest BCUT2D eigenvalue weighted by atomic mass is 32.2. The maximum atomic E-state index is 13.6. The molecule has 0 radical (unpaired) electrons. The third-order valence-electron chi connectivity index (χ3n) is 4.27. The molecule has 21 heavy (non-hydrogen) atoms. The van der Waals surface area contributed by atoms with Crippen LogP contribution in [-0.4, -0.2) is 38.4 Å². The molecule has 5 nitrogen and oxygen atoms in total. The van der Waals surface area contributed by atoms with Crippen LogP contribution in [0.5, 0.6) is 0 Å². The lowest BCUT2D eigenvalue weighted by atomic mass is 9.94. The van der Waals surface area contributed by atoms with Gasteiger partial charge in [0.15, 0.2) is 0 Å². The minimum Gasteiger partial charge on any atom is -0.312 e. The molecule has 2 fully saturated rings. The number of nitrogens with zero attached hydrogens (tertiary/aromatic N) is 2. The third kappa shape index (κ3) is 2.44. The van der Waals surface area contributed by atoms with Crippen molar-refractivity contribution in [3.63, 3.8) is 0 Å². The summed E-state index contributed by atoms with van der Waals surface area (Å²) in [6.45, 7) is 1.72. The van der Waals surface area contributed by atoms with E-state index in [-0.39, 0.29) is 10.9 Å². The van der Waals surface area contributed by atoms with E-state index in [1.807, 2.05) is 0 Å². The quantitative estimate of drug-likeness (QED) is 0.887. The van der Waals surface area contributed by atoms with Crippen LogP contribution in [0.1, 0.15) is 18.4 Å². The van der Waals surface area contributed by atoms with Gasteiger partial charge in [-0.2, -0.15) is 9.57 Å². The third-order valence-corrected chi connectivity index (χ3v) is 6.14. The van der Waals surface area contributed by atoms with E-state index in [0.29, 0.717) is 19.0 Å². The minimum absolute atomic E-state index is 0.160. The molecular formula is C14H16FN3O2S. The molecular weight excluding hydrogens is 293 g/mol. The van der Waals surface area contributed by atoms with Crippen molar-refractivity contribution in [2.24, 2.45) is 5.92 Å². The van der Waals surface area contributed by atoms with Crippen molar-refractivity contribution in [3.8, 4) is 6.07 Å². The van der Waals surface area contributed by atoms with Crippen LogP contribution in [0.3, 0.4) is 0 Å². The molecule has 1 N–H and O–H groups in total. The zero-order chi connectivity index (χ0) is 15.0. The fourth-order valence-corrected chi connectivity index (χ4v) is 4.84. The molecule has 1 aromatic carbocycles. The van der Waals surface area contributed by atoms with E-state index >= 15 is 0 Å². The Hall–Kier alpha value is -1.49. The Balaban J connectivity index is 1.95. The van der Waals surface area contributed by atoms with Gasteiger partial charge in [0.1, 0.15) is 22.3 Å². The van der Waals surface area contributed by atoms with Gasteiger partial charge in [0.2, 0.25) is 10.0 Å². The summed E-state index contributed by atoms with van der Waals surface area (Å²) < 4.78 is 40.4. The molecule has 2 atom stereocenters. The SMILES string of the molecule is N#Cc1c(F)cccc1S(=O)(=O)N1CC2CCCNC2C1. The van der Waals surface area contributed by atoms with Gasteiger partial charge in [0, 0.05) is 19.1 Å². The van der Waals surface area contributed by atoms with Gasteiger partial charge >= 0.3 is 0 Å². The minimum atomic E-state index is -3.83. The number of hydrogen-bond acceptors (Lipinski definition) is 4. The fraction of sp³-hybridized carbons (Fsp3) is 0.500. The number of hydrogen-bond donors (Lipinski definition) is 1. The van der Waals surface area contributed by atoms with E-state index in [9.17, 15) is 12.8 Å². The number of nitriles is 1. The van der Waals surface area contributed by atoms with Crippen molar-refractivity contribution in [1.29, 1.82) is 5.26 Å². The summed E-state index contributed by atoms with van der Waals surface area (Å²) >= 11 is 0. The Bertz CT molecular complexity index is 685. The van der Waals surface area contributed by atoms with Crippen LogP contribution in [-0.2, 0) is 10.0 Å². The van der Waals surface area contributed by atoms with Gasteiger partial charge in [-0.1, -0.05) is 6.07 Å². The average molecular weight is 309 g/mol. The molecule has 2 aliphatic rings. The van der Waals surface area contributed by atoms with Crippen LogP contribution in [0.25, 0.3) is 0 Å². The zero-order valence-corrected chi connectivity index (χ0v) is 12.2. The summed E-state index contributed by atoms with van der Waals surface area (Å²) in [7, 11) is -3.83. The maximum absolute atomic E-state index is 13.6. The largest absolute Gasteiger partial charge is 0.312 e. The summed E-state index contributed by atoms with van der Waals surface area (Å²) in [5, 5.41) is 12.4. The maximum Gasteiger partial charge on any atom is 0.244 e. The molecule has 0 aliphatic carbocycles.